The van der Waals surface area contributed by atoms with E-state index in [1.807, 2.05) is 13.8 Å². The average Bonchev–Trinajstić information content (AvgIpc) is 2.53. The fourth-order valence-electron chi connectivity index (χ4n) is 1.85. The van der Waals surface area contributed by atoms with Crippen molar-refractivity contribution in [2.45, 2.75) is 26.8 Å². The molecule has 5 N–H and O–H groups in total. The summed E-state index contributed by atoms with van der Waals surface area (Å²) in [5.41, 5.74) is 6.27. The molecule has 0 aliphatic carbocycles. The second kappa shape index (κ2) is 10.9. The molecule has 3 amide bonds. The standard InChI is InChI=1S/C16H23ClN4O3.ClH/c1-4-19-15(23)11-7-10(17)5-6-12(11)21-13(22)8-20-16(24)14(18)9(2)3;/h5-7,9,14H,4,8,18H2,1-3H3,(H,19,23)(H,20,24)(H,21,22);1H/t14-;/m0./s1. The van der Waals surface area contributed by atoms with E-state index in [2.05, 4.69) is 16.0 Å². The van der Waals surface area contributed by atoms with Crippen molar-refractivity contribution in [3.05, 3.63) is 28.8 Å². The second-order valence-electron chi connectivity index (χ2n) is 5.59. The van der Waals surface area contributed by atoms with Crippen molar-refractivity contribution in [3.63, 3.8) is 0 Å². The minimum Gasteiger partial charge on any atom is -0.352 e. The highest BCUT2D eigenvalue weighted by atomic mass is 35.5. The topological polar surface area (TPSA) is 113 Å². The Bertz CT molecular complexity index is 623. The molecule has 1 atom stereocenters. The first-order valence-corrected chi connectivity index (χ1v) is 8.05. The molecule has 1 rings (SSSR count). The van der Waals surface area contributed by atoms with E-state index < -0.39 is 17.9 Å². The lowest BCUT2D eigenvalue weighted by Crippen LogP contribution is -2.46. The first-order valence-electron chi connectivity index (χ1n) is 7.67. The van der Waals surface area contributed by atoms with Crippen molar-refractivity contribution < 1.29 is 14.4 Å². The summed E-state index contributed by atoms with van der Waals surface area (Å²) in [7, 11) is 0. The largest absolute Gasteiger partial charge is 0.352 e. The summed E-state index contributed by atoms with van der Waals surface area (Å²) in [6.45, 7) is 5.63. The molecule has 0 saturated carbocycles. The summed E-state index contributed by atoms with van der Waals surface area (Å²) in [5.74, 6) is -1.25. The Kier molecular flexibility index (Phi) is 10.1. The predicted octanol–water partition coefficient (Wildman–Crippen LogP) is 1.55. The zero-order valence-electron chi connectivity index (χ0n) is 14.4. The SMILES string of the molecule is CCNC(=O)c1cc(Cl)ccc1NC(=O)CNC(=O)[C@@H](N)C(C)C.Cl. The fourth-order valence-corrected chi connectivity index (χ4v) is 2.02. The minimum absolute atomic E-state index is 0. The highest BCUT2D eigenvalue weighted by Crippen LogP contribution is 2.20. The number of carbonyl (C=O) groups is 3. The van der Waals surface area contributed by atoms with E-state index in [4.69, 9.17) is 17.3 Å². The number of rotatable bonds is 7. The van der Waals surface area contributed by atoms with Crippen molar-refractivity contribution in [2.75, 3.05) is 18.4 Å². The molecule has 1 aromatic carbocycles. The van der Waals surface area contributed by atoms with Crippen LogP contribution in [0.3, 0.4) is 0 Å². The van der Waals surface area contributed by atoms with E-state index in [0.29, 0.717) is 17.3 Å². The summed E-state index contributed by atoms with van der Waals surface area (Å²) in [6, 6.07) is 3.88. The third kappa shape index (κ3) is 7.29. The van der Waals surface area contributed by atoms with E-state index in [9.17, 15) is 14.4 Å². The normalized spacial score (nSPS) is 11.3. The maximum Gasteiger partial charge on any atom is 0.253 e. The number of nitrogens with one attached hydrogen (secondary N) is 3. The Morgan fingerprint density at radius 1 is 1.20 bits per heavy atom. The third-order valence-corrected chi connectivity index (χ3v) is 3.52. The zero-order chi connectivity index (χ0) is 18.3. The van der Waals surface area contributed by atoms with Gasteiger partial charge in [-0.1, -0.05) is 25.4 Å². The summed E-state index contributed by atoms with van der Waals surface area (Å²) in [6.07, 6.45) is 0. The van der Waals surface area contributed by atoms with Crippen LogP contribution in [0.15, 0.2) is 18.2 Å². The van der Waals surface area contributed by atoms with E-state index in [-0.39, 0.29) is 36.3 Å². The maximum atomic E-state index is 12.0. The highest BCUT2D eigenvalue weighted by Gasteiger charge is 2.18. The number of anilines is 1. The summed E-state index contributed by atoms with van der Waals surface area (Å²) >= 11 is 5.90. The number of hydrogen-bond donors (Lipinski definition) is 4. The monoisotopic (exact) mass is 390 g/mol. The van der Waals surface area contributed by atoms with Gasteiger partial charge in [-0.25, -0.2) is 0 Å². The first kappa shape index (κ1) is 23.2. The Morgan fingerprint density at radius 2 is 1.84 bits per heavy atom. The Labute approximate surface area is 158 Å². The molecule has 0 spiro atoms. The van der Waals surface area contributed by atoms with E-state index in [1.165, 1.54) is 12.1 Å². The van der Waals surface area contributed by atoms with Gasteiger partial charge in [-0.15, -0.1) is 12.4 Å². The maximum absolute atomic E-state index is 12.0. The van der Waals surface area contributed by atoms with Crippen LogP contribution in [0, 0.1) is 5.92 Å². The Balaban J connectivity index is 0.00000576. The van der Waals surface area contributed by atoms with Gasteiger partial charge in [0.05, 0.1) is 23.8 Å². The molecule has 9 heteroatoms. The first-order chi connectivity index (χ1) is 11.3. The van der Waals surface area contributed by atoms with Gasteiger partial charge in [0, 0.05) is 11.6 Å². The molecule has 0 aliphatic heterocycles. The van der Waals surface area contributed by atoms with Gasteiger partial charge in [0.2, 0.25) is 11.8 Å². The van der Waals surface area contributed by atoms with Gasteiger partial charge in [0.1, 0.15) is 0 Å². The number of benzene rings is 1. The van der Waals surface area contributed by atoms with Gasteiger partial charge >= 0.3 is 0 Å². The molecule has 0 radical (unpaired) electrons. The van der Waals surface area contributed by atoms with Gasteiger partial charge in [-0.05, 0) is 31.0 Å². The smallest absolute Gasteiger partial charge is 0.253 e. The van der Waals surface area contributed by atoms with Gasteiger partial charge in [0.25, 0.3) is 5.91 Å². The van der Waals surface area contributed by atoms with Gasteiger partial charge < -0.3 is 21.7 Å². The molecular weight excluding hydrogens is 367 g/mol. The number of halogens is 2. The molecule has 7 nitrogen and oxygen atoms in total. The van der Waals surface area contributed by atoms with Crippen LogP contribution < -0.4 is 21.7 Å². The van der Waals surface area contributed by atoms with Crippen LogP contribution >= 0.6 is 24.0 Å². The van der Waals surface area contributed by atoms with Crippen molar-refractivity contribution in [1.29, 1.82) is 0 Å². The fraction of sp³-hybridized carbons (Fsp3) is 0.438. The molecule has 1 aromatic rings. The van der Waals surface area contributed by atoms with Crippen molar-refractivity contribution in [3.8, 4) is 0 Å². The Morgan fingerprint density at radius 3 is 2.40 bits per heavy atom. The van der Waals surface area contributed by atoms with Gasteiger partial charge in [-0.2, -0.15) is 0 Å². The van der Waals surface area contributed by atoms with Crippen LogP contribution in [0.25, 0.3) is 0 Å². The molecule has 0 aromatic heterocycles. The molecule has 25 heavy (non-hydrogen) atoms. The molecule has 0 aliphatic rings. The van der Waals surface area contributed by atoms with Crippen LogP contribution in [-0.2, 0) is 9.59 Å². The van der Waals surface area contributed by atoms with Gasteiger partial charge in [-0.3, -0.25) is 14.4 Å². The summed E-state index contributed by atoms with van der Waals surface area (Å²) < 4.78 is 0. The minimum atomic E-state index is -0.681. The number of nitrogens with two attached hydrogens (primary N) is 1. The molecule has 0 saturated heterocycles. The highest BCUT2D eigenvalue weighted by molar-refractivity contribution is 6.31. The van der Waals surface area contributed by atoms with E-state index in [1.54, 1.807) is 13.0 Å². The summed E-state index contributed by atoms with van der Waals surface area (Å²) in [5, 5.41) is 8.08. The quantitative estimate of drug-likeness (QED) is 0.565. The lowest BCUT2D eigenvalue weighted by molar-refractivity contribution is -0.125. The lowest BCUT2D eigenvalue weighted by Gasteiger charge is -2.15. The van der Waals surface area contributed by atoms with Crippen LogP contribution in [0.1, 0.15) is 31.1 Å². The van der Waals surface area contributed by atoms with Crippen molar-refractivity contribution in [1.82, 2.24) is 10.6 Å². The van der Waals surface area contributed by atoms with Crippen LogP contribution in [0.5, 0.6) is 0 Å². The van der Waals surface area contributed by atoms with Crippen molar-refractivity contribution in [2.24, 2.45) is 11.7 Å². The third-order valence-electron chi connectivity index (χ3n) is 3.28. The number of carbonyl (C=O) groups excluding carboxylic acids is 3. The molecular formula is C16H24Cl2N4O3. The molecule has 0 heterocycles. The Hall–Kier alpha value is -1.83. The lowest BCUT2D eigenvalue weighted by atomic mass is 10.1. The summed E-state index contributed by atoms with van der Waals surface area (Å²) in [4.78, 5) is 35.8. The van der Waals surface area contributed by atoms with Gasteiger partial charge in [0.15, 0.2) is 0 Å². The number of amides is 3. The number of hydrogen-bond acceptors (Lipinski definition) is 4. The van der Waals surface area contributed by atoms with Crippen LogP contribution in [0.4, 0.5) is 5.69 Å². The molecule has 0 fully saturated rings. The molecule has 140 valence electrons. The predicted molar refractivity (Wildman–Crippen MR) is 101 cm³/mol. The molecule has 0 bridgehead atoms. The van der Waals surface area contributed by atoms with Crippen LogP contribution in [-0.4, -0.2) is 36.9 Å². The second-order valence-corrected chi connectivity index (χ2v) is 6.02. The van der Waals surface area contributed by atoms with Crippen LogP contribution in [0.2, 0.25) is 5.02 Å². The van der Waals surface area contributed by atoms with E-state index >= 15 is 0 Å². The van der Waals surface area contributed by atoms with Crippen molar-refractivity contribution >= 4 is 47.4 Å². The van der Waals surface area contributed by atoms with E-state index in [0.717, 1.165) is 0 Å². The zero-order valence-corrected chi connectivity index (χ0v) is 16.0. The molecule has 0 unspecified atom stereocenters. The average molecular weight is 391 g/mol.